The van der Waals surface area contributed by atoms with Gasteiger partial charge < -0.3 is 14.8 Å². The van der Waals surface area contributed by atoms with Crippen molar-refractivity contribution in [3.8, 4) is 6.07 Å². The van der Waals surface area contributed by atoms with Crippen molar-refractivity contribution in [2.24, 2.45) is 5.92 Å². The highest BCUT2D eigenvalue weighted by Gasteiger charge is 2.25. The molecule has 0 bridgehead atoms. The molecular weight excluding hydrogens is 244 g/mol. The van der Waals surface area contributed by atoms with E-state index in [1.807, 2.05) is 19.9 Å². The molecule has 1 aromatic heterocycles. The molecule has 1 amide bonds. The van der Waals surface area contributed by atoms with Gasteiger partial charge >= 0.3 is 0 Å². The largest absolute Gasteiger partial charge is 0.465 e. The summed E-state index contributed by atoms with van der Waals surface area (Å²) in [4.78, 5) is 11.8. The van der Waals surface area contributed by atoms with Gasteiger partial charge in [0.05, 0.1) is 11.9 Å². The number of furan rings is 1. The summed E-state index contributed by atoms with van der Waals surface area (Å²) in [5, 5.41) is 21.5. The minimum Gasteiger partial charge on any atom is -0.465 e. The molecule has 102 valence electrons. The van der Waals surface area contributed by atoms with Crippen LogP contribution in [0.4, 0.5) is 0 Å². The van der Waals surface area contributed by atoms with Crippen molar-refractivity contribution in [1.82, 2.24) is 5.32 Å². The number of aliphatic hydroxyl groups is 1. The van der Waals surface area contributed by atoms with Gasteiger partial charge in [0.1, 0.15) is 17.4 Å². The third-order valence-corrected chi connectivity index (χ3v) is 3.05. The van der Waals surface area contributed by atoms with E-state index in [9.17, 15) is 9.90 Å². The van der Waals surface area contributed by atoms with Gasteiger partial charge in [0, 0.05) is 12.6 Å². The van der Waals surface area contributed by atoms with E-state index in [1.54, 1.807) is 19.1 Å². The minimum atomic E-state index is -1.01. The molecule has 2 N–H and O–H groups in total. The van der Waals surface area contributed by atoms with Gasteiger partial charge in [0.25, 0.3) is 5.91 Å². The maximum Gasteiger partial charge on any atom is 0.262 e. The lowest BCUT2D eigenvalue weighted by molar-refractivity contribution is -0.118. The Kier molecular flexibility index (Phi) is 4.90. The molecule has 5 heteroatoms. The molecule has 0 saturated carbocycles. The second-order valence-corrected chi connectivity index (χ2v) is 4.88. The second-order valence-electron chi connectivity index (χ2n) is 4.88. The third kappa shape index (κ3) is 4.27. The van der Waals surface area contributed by atoms with Crippen LogP contribution in [0.1, 0.15) is 26.5 Å². The number of nitrogens with one attached hydrogen (secondary N) is 1. The van der Waals surface area contributed by atoms with E-state index in [0.717, 1.165) is 0 Å². The Morgan fingerprint density at radius 2 is 2.37 bits per heavy atom. The summed E-state index contributed by atoms with van der Waals surface area (Å²) < 4.78 is 5.04. The Bertz CT molecular complexity index is 493. The van der Waals surface area contributed by atoms with E-state index in [4.69, 9.17) is 9.68 Å². The van der Waals surface area contributed by atoms with Crippen molar-refractivity contribution < 1.29 is 14.3 Å². The summed E-state index contributed by atoms with van der Waals surface area (Å²) in [7, 11) is 0. The first-order chi connectivity index (χ1) is 8.86. The second kappa shape index (κ2) is 6.21. The molecular formula is C14H18N2O3. The highest BCUT2D eigenvalue weighted by Crippen LogP contribution is 2.15. The van der Waals surface area contributed by atoms with Gasteiger partial charge in [-0.05, 0) is 25.0 Å². The summed E-state index contributed by atoms with van der Waals surface area (Å²) in [5.41, 5.74) is -1.07. The molecule has 1 aromatic rings. The number of amides is 1. The van der Waals surface area contributed by atoms with Gasteiger partial charge in [-0.25, -0.2) is 0 Å². The van der Waals surface area contributed by atoms with Gasteiger partial charge in [-0.2, -0.15) is 5.26 Å². The molecule has 0 aliphatic heterocycles. The Hall–Kier alpha value is -2.06. The van der Waals surface area contributed by atoms with E-state index in [1.165, 1.54) is 12.3 Å². The smallest absolute Gasteiger partial charge is 0.262 e. The monoisotopic (exact) mass is 262 g/mol. The first kappa shape index (κ1) is 15.0. The molecule has 0 radical (unpaired) electrons. The molecule has 1 heterocycles. The predicted octanol–water partition coefficient (Wildman–Crippen LogP) is 1.71. The number of hydrogen-bond acceptors (Lipinski definition) is 4. The maximum atomic E-state index is 11.8. The van der Waals surface area contributed by atoms with E-state index < -0.39 is 11.5 Å². The third-order valence-electron chi connectivity index (χ3n) is 3.05. The van der Waals surface area contributed by atoms with Crippen LogP contribution in [0.2, 0.25) is 0 Å². The molecule has 5 nitrogen and oxygen atoms in total. The lowest BCUT2D eigenvalue weighted by atomic mass is 9.92. The van der Waals surface area contributed by atoms with Crippen molar-refractivity contribution in [2.75, 3.05) is 6.54 Å². The van der Waals surface area contributed by atoms with Gasteiger partial charge in [0.15, 0.2) is 0 Å². The Morgan fingerprint density at radius 1 is 1.68 bits per heavy atom. The number of carbonyl (C=O) groups is 1. The van der Waals surface area contributed by atoms with Gasteiger partial charge in [-0.3, -0.25) is 4.79 Å². The topological polar surface area (TPSA) is 86.3 Å². The number of rotatable bonds is 5. The zero-order valence-electron chi connectivity index (χ0n) is 11.3. The van der Waals surface area contributed by atoms with Gasteiger partial charge in [0.2, 0.25) is 0 Å². The lowest BCUT2D eigenvalue weighted by Crippen LogP contribution is -2.44. The van der Waals surface area contributed by atoms with Crippen molar-refractivity contribution in [3.05, 3.63) is 29.7 Å². The summed E-state index contributed by atoms with van der Waals surface area (Å²) in [6.07, 6.45) is 2.82. The van der Waals surface area contributed by atoms with Crippen molar-refractivity contribution >= 4 is 12.0 Å². The number of carbonyl (C=O) groups excluding carboxylic acids is 1. The average molecular weight is 262 g/mol. The Labute approximate surface area is 112 Å². The lowest BCUT2D eigenvalue weighted by Gasteiger charge is -2.27. The molecule has 0 fully saturated rings. The normalized spacial score (nSPS) is 14.8. The molecule has 19 heavy (non-hydrogen) atoms. The van der Waals surface area contributed by atoms with Crippen LogP contribution in [0.5, 0.6) is 0 Å². The summed E-state index contributed by atoms with van der Waals surface area (Å²) in [5.74, 6) is -0.102. The maximum absolute atomic E-state index is 11.8. The zero-order valence-corrected chi connectivity index (χ0v) is 11.3. The van der Waals surface area contributed by atoms with Gasteiger partial charge in [-0.15, -0.1) is 0 Å². The standard InChI is InChI=1S/C14H18N2O3/c1-10(2)14(3,18)9-16-13(17)11(8-15)7-12-5-4-6-19-12/h4-7,10,18H,9H2,1-3H3,(H,16,17). The first-order valence-corrected chi connectivity index (χ1v) is 6.02. The van der Waals surface area contributed by atoms with E-state index in [2.05, 4.69) is 5.32 Å². The van der Waals surface area contributed by atoms with Crippen LogP contribution in [0.3, 0.4) is 0 Å². The summed E-state index contributed by atoms with van der Waals surface area (Å²) in [6, 6.07) is 5.13. The molecule has 0 aromatic carbocycles. The molecule has 0 aliphatic carbocycles. The summed E-state index contributed by atoms with van der Waals surface area (Å²) in [6.45, 7) is 5.44. The van der Waals surface area contributed by atoms with Crippen LogP contribution in [-0.4, -0.2) is 23.2 Å². The Balaban J connectivity index is 2.69. The van der Waals surface area contributed by atoms with Crippen LogP contribution in [0, 0.1) is 17.2 Å². The fourth-order valence-electron chi connectivity index (χ4n) is 1.22. The van der Waals surface area contributed by atoms with E-state index in [0.29, 0.717) is 5.76 Å². The molecule has 1 atom stereocenters. The molecule has 0 saturated heterocycles. The zero-order chi connectivity index (χ0) is 14.5. The van der Waals surface area contributed by atoms with E-state index >= 15 is 0 Å². The highest BCUT2D eigenvalue weighted by atomic mass is 16.3. The fraction of sp³-hybridized carbons (Fsp3) is 0.429. The van der Waals surface area contributed by atoms with E-state index in [-0.39, 0.29) is 18.0 Å². The van der Waals surface area contributed by atoms with Crippen molar-refractivity contribution in [2.45, 2.75) is 26.4 Å². The average Bonchev–Trinajstić information content (AvgIpc) is 2.85. The fourth-order valence-corrected chi connectivity index (χ4v) is 1.22. The quantitative estimate of drug-likeness (QED) is 0.624. The minimum absolute atomic E-state index is 0.00705. The molecule has 1 rings (SSSR count). The number of hydrogen-bond donors (Lipinski definition) is 2. The van der Waals surface area contributed by atoms with Crippen LogP contribution in [0.25, 0.3) is 6.08 Å². The van der Waals surface area contributed by atoms with Crippen molar-refractivity contribution in [3.63, 3.8) is 0 Å². The van der Waals surface area contributed by atoms with Crippen LogP contribution < -0.4 is 5.32 Å². The van der Waals surface area contributed by atoms with Crippen molar-refractivity contribution in [1.29, 1.82) is 5.26 Å². The molecule has 0 spiro atoms. The van der Waals surface area contributed by atoms with Crippen LogP contribution >= 0.6 is 0 Å². The number of nitriles is 1. The molecule has 1 unspecified atom stereocenters. The first-order valence-electron chi connectivity index (χ1n) is 6.02. The van der Waals surface area contributed by atoms with Crippen LogP contribution in [0.15, 0.2) is 28.4 Å². The highest BCUT2D eigenvalue weighted by molar-refractivity contribution is 6.01. The molecule has 0 aliphatic rings. The van der Waals surface area contributed by atoms with Crippen LogP contribution in [-0.2, 0) is 4.79 Å². The SMILES string of the molecule is CC(C)C(C)(O)CNC(=O)C(C#N)=Cc1ccco1. The predicted molar refractivity (Wildman–Crippen MR) is 70.8 cm³/mol. The Morgan fingerprint density at radius 3 is 2.84 bits per heavy atom. The summed E-state index contributed by atoms with van der Waals surface area (Å²) >= 11 is 0. The number of nitrogens with zero attached hydrogens (tertiary/aromatic N) is 1. The van der Waals surface area contributed by atoms with Gasteiger partial charge in [-0.1, -0.05) is 13.8 Å².